The second-order valence-electron chi connectivity index (χ2n) is 13.2. The largest absolute Gasteiger partial charge is 0.460 e. The summed E-state index contributed by atoms with van der Waals surface area (Å²) in [5.74, 6) is -2.56. The van der Waals surface area contributed by atoms with E-state index in [-0.39, 0.29) is 47.6 Å². The first-order chi connectivity index (χ1) is 22.8. The predicted molar refractivity (Wildman–Crippen MR) is 161 cm³/mol. The lowest BCUT2D eigenvalue weighted by molar-refractivity contribution is -0.383. The molecule has 7 rings (SSSR count). The van der Waals surface area contributed by atoms with Crippen LogP contribution in [0.25, 0.3) is 11.0 Å². The highest BCUT2D eigenvalue weighted by atomic mass is 16.6. The fraction of sp³-hybridized carbons (Fsp3) is 0.500. The predicted octanol–water partition coefficient (Wildman–Crippen LogP) is 3.46. The number of fused-ring (bicyclic) bond motifs is 4. The number of hydrogen-bond donors (Lipinski definition) is 0. The summed E-state index contributed by atoms with van der Waals surface area (Å²) in [6.45, 7) is 4.83. The zero-order valence-electron chi connectivity index (χ0n) is 26.8. The Labute approximate surface area is 272 Å². The SMILES string of the molecule is COC[C@H]1OC(=O)c2coc3c2[C@@]1(C)C1=C(C3=O)C2CC[C@H](OC(=O)CN(C)c3ccc([N+](=O)[O-])c4nonc34)[C@@]2(C)C[C@H]1OC(C)=O. The van der Waals surface area contributed by atoms with Crippen LogP contribution in [0.15, 0.2) is 38.6 Å². The van der Waals surface area contributed by atoms with Crippen LogP contribution in [0.3, 0.4) is 0 Å². The number of Topliss-reactive ketones (excluding diaryl/α,β-unsaturated/α-hetero) is 1. The third-order valence-electron chi connectivity index (χ3n) is 10.5. The number of hydrogen-bond acceptors (Lipinski definition) is 15. The average molecular weight is 665 g/mol. The summed E-state index contributed by atoms with van der Waals surface area (Å²) in [6, 6.07) is 2.71. The maximum Gasteiger partial charge on any atom is 0.342 e. The van der Waals surface area contributed by atoms with E-state index in [2.05, 4.69) is 10.3 Å². The Bertz CT molecular complexity index is 1940. The number of furan rings is 1. The molecule has 0 saturated heterocycles. The number of benzene rings is 1. The highest BCUT2D eigenvalue weighted by Gasteiger charge is 2.65. The van der Waals surface area contributed by atoms with Gasteiger partial charge in [0.15, 0.2) is 11.3 Å². The molecule has 16 nitrogen and oxygen atoms in total. The van der Waals surface area contributed by atoms with Gasteiger partial charge in [-0.3, -0.25) is 24.5 Å². The van der Waals surface area contributed by atoms with Gasteiger partial charge in [-0.2, -0.15) is 0 Å². The highest BCUT2D eigenvalue weighted by Crippen LogP contribution is 2.62. The fourth-order valence-corrected chi connectivity index (χ4v) is 8.42. The number of aromatic nitrogens is 2. The highest BCUT2D eigenvalue weighted by molar-refractivity contribution is 6.13. The standard InChI is InChI=1S/C32H32N4O12/c1-14(37)45-19-10-31(2)16(23-25(19)32(3)21(13-43-5)47-30(40)15-12-44-29(24(15)32)28(23)39)6-9-20(31)46-22(38)11-35(4)17-7-8-18(36(41)42)27-26(17)33-48-34-27/h7-8,12,16,19-21H,6,9-11,13H2,1-5H3/t16?,19-,20+,21-,31+,32+/m1/s1. The van der Waals surface area contributed by atoms with Gasteiger partial charge >= 0.3 is 23.6 Å². The summed E-state index contributed by atoms with van der Waals surface area (Å²) in [6.07, 6.45) is -0.0284. The number of nitro groups is 1. The molecule has 0 spiro atoms. The molecule has 0 bridgehead atoms. The molecular formula is C32H32N4O12. The van der Waals surface area contributed by atoms with Crippen molar-refractivity contribution < 1.29 is 52.1 Å². The van der Waals surface area contributed by atoms with E-state index in [1.807, 2.05) is 13.8 Å². The van der Waals surface area contributed by atoms with Gasteiger partial charge < -0.3 is 28.3 Å². The third kappa shape index (κ3) is 4.38. The van der Waals surface area contributed by atoms with Crippen molar-refractivity contribution in [2.45, 2.75) is 63.8 Å². The molecule has 4 aliphatic rings. The van der Waals surface area contributed by atoms with E-state index in [4.69, 9.17) is 28.0 Å². The molecule has 2 aromatic heterocycles. The van der Waals surface area contributed by atoms with Crippen LogP contribution in [0.4, 0.5) is 11.4 Å². The maximum absolute atomic E-state index is 14.3. The number of ether oxygens (including phenoxy) is 4. The van der Waals surface area contributed by atoms with Gasteiger partial charge in [0.05, 0.1) is 22.6 Å². The summed E-state index contributed by atoms with van der Waals surface area (Å²) in [4.78, 5) is 65.6. The van der Waals surface area contributed by atoms with Crippen LogP contribution in [0.5, 0.6) is 0 Å². The lowest BCUT2D eigenvalue weighted by atomic mass is 9.54. The molecule has 3 aromatic rings. The van der Waals surface area contributed by atoms with Gasteiger partial charge in [0.2, 0.25) is 11.3 Å². The Kier molecular flexibility index (Phi) is 7.19. The average Bonchev–Trinajstić information content (AvgIpc) is 3.76. The van der Waals surface area contributed by atoms with Crippen LogP contribution < -0.4 is 4.90 Å². The van der Waals surface area contributed by atoms with E-state index in [1.54, 1.807) is 7.05 Å². The first-order valence-corrected chi connectivity index (χ1v) is 15.4. The van der Waals surface area contributed by atoms with Gasteiger partial charge in [0, 0.05) is 43.7 Å². The van der Waals surface area contributed by atoms with Gasteiger partial charge in [0.25, 0.3) is 0 Å². The van der Waals surface area contributed by atoms with Gasteiger partial charge in [-0.05, 0) is 54.1 Å². The number of non-ortho nitro benzene ring substituents is 1. The smallest absolute Gasteiger partial charge is 0.342 e. The number of anilines is 1. The zero-order chi connectivity index (χ0) is 34.3. The van der Waals surface area contributed by atoms with Crippen molar-refractivity contribution in [1.82, 2.24) is 10.3 Å². The topological polar surface area (TPSA) is 204 Å². The van der Waals surface area contributed by atoms with Crippen molar-refractivity contribution in [1.29, 1.82) is 0 Å². The van der Waals surface area contributed by atoms with Crippen LogP contribution in [0.2, 0.25) is 0 Å². The Balaban J connectivity index is 1.22. The van der Waals surface area contributed by atoms with Crippen LogP contribution in [-0.2, 0) is 34.0 Å². The van der Waals surface area contributed by atoms with Crippen molar-refractivity contribution in [3.63, 3.8) is 0 Å². The van der Waals surface area contributed by atoms with E-state index < -0.39 is 63.7 Å². The monoisotopic (exact) mass is 664 g/mol. The van der Waals surface area contributed by atoms with Crippen molar-refractivity contribution in [3.05, 3.63) is 56.5 Å². The summed E-state index contributed by atoms with van der Waals surface area (Å²) in [5, 5.41) is 18.8. The maximum atomic E-state index is 14.3. The Morgan fingerprint density at radius 1 is 1.15 bits per heavy atom. The molecule has 1 aliphatic heterocycles. The van der Waals surface area contributed by atoms with Crippen LogP contribution in [0.1, 0.15) is 66.5 Å². The van der Waals surface area contributed by atoms with Crippen molar-refractivity contribution in [3.8, 4) is 0 Å². The minimum Gasteiger partial charge on any atom is -0.460 e. The Morgan fingerprint density at radius 3 is 2.60 bits per heavy atom. The number of methoxy groups -OCH3 is 1. The summed E-state index contributed by atoms with van der Waals surface area (Å²) in [7, 11) is 3.09. The number of ketones is 1. The normalized spacial score (nSPS) is 28.8. The number of cyclic esters (lactones) is 1. The number of rotatable bonds is 8. The molecule has 0 radical (unpaired) electrons. The van der Waals surface area contributed by atoms with Crippen LogP contribution >= 0.6 is 0 Å². The molecule has 1 aromatic carbocycles. The minimum absolute atomic E-state index is 0.0191. The number of nitro benzene ring substituents is 1. The van der Waals surface area contributed by atoms with Crippen LogP contribution in [-0.4, -0.2) is 84.5 Å². The number of nitrogens with zero attached hydrogens (tertiary/aromatic N) is 4. The molecule has 252 valence electrons. The summed E-state index contributed by atoms with van der Waals surface area (Å²) < 4.78 is 33.8. The van der Waals surface area contributed by atoms with E-state index in [0.717, 1.165) is 0 Å². The molecule has 3 heterocycles. The molecule has 48 heavy (non-hydrogen) atoms. The fourth-order valence-electron chi connectivity index (χ4n) is 8.42. The van der Waals surface area contributed by atoms with E-state index in [0.29, 0.717) is 35.2 Å². The van der Waals surface area contributed by atoms with Crippen molar-refractivity contribution in [2.24, 2.45) is 11.3 Å². The Hall–Kier alpha value is -5.12. The van der Waals surface area contributed by atoms with Crippen LogP contribution in [0, 0.1) is 21.4 Å². The Morgan fingerprint density at radius 2 is 1.90 bits per heavy atom. The lowest BCUT2D eigenvalue weighted by Gasteiger charge is -2.52. The lowest BCUT2D eigenvalue weighted by Crippen LogP contribution is -2.57. The summed E-state index contributed by atoms with van der Waals surface area (Å²) >= 11 is 0. The molecule has 1 saturated carbocycles. The number of likely N-dealkylation sites (N-methyl/N-ethyl adjacent to an activating group) is 1. The van der Waals surface area contributed by atoms with E-state index >= 15 is 0 Å². The second-order valence-corrected chi connectivity index (χ2v) is 13.2. The molecule has 16 heteroatoms. The summed E-state index contributed by atoms with van der Waals surface area (Å²) in [5.41, 5.74) is -0.273. The van der Waals surface area contributed by atoms with E-state index in [1.165, 1.54) is 37.3 Å². The minimum atomic E-state index is -1.10. The number of allylic oxidation sites excluding steroid dienone is 1. The molecule has 3 aliphatic carbocycles. The first kappa shape index (κ1) is 31.5. The van der Waals surface area contributed by atoms with Gasteiger partial charge in [-0.25, -0.2) is 9.42 Å². The first-order valence-electron chi connectivity index (χ1n) is 15.4. The second kappa shape index (κ2) is 11.0. The quantitative estimate of drug-likeness (QED) is 0.146. The molecular weight excluding hydrogens is 632 g/mol. The van der Waals surface area contributed by atoms with Crippen molar-refractivity contribution in [2.75, 3.05) is 32.2 Å². The number of carbonyl (C=O) groups excluding carboxylic acids is 4. The molecule has 0 N–H and O–H groups in total. The molecule has 0 amide bonds. The molecule has 1 fully saturated rings. The number of esters is 3. The van der Waals surface area contributed by atoms with Gasteiger partial charge in [-0.1, -0.05) is 6.92 Å². The third-order valence-corrected chi connectivity index (χ3v) is 10.5. The van der Waals surface area contributed by atoms with Crippen molar-refractivity contribution >= 4 is 46.1 Å². The zero-order valence-corrected chi connectivity index (χ0v) is 26.8. The van der Waals surface area contributed by atoms with E-state index in [9.17, 15) is 29.3 Å². The van der Waals surface area contributed by atoms with Gasteiger partial charge in [0.1, 0.15) is 36.7 Å². The molecule has 1 unspecified atom stereocenters. The molecule has 6 atom stereocenters. The number of carbonyl (C=O) groups is 4. The van der Waals surface area contributed by atoms with Gasteiger partial charge in [-0.15, -0.1) is 0 Å².